The van der Waals surface area contributed by atoms with Crippen molar-refractivity contribution in [2.45, 2.75) is 19.3 Å². The first kappa shape index (κ1) is 28.1. The fraction of sp³-hybridized carbons (Fsp3) is 0.0612. The topological polar surface area (TPSA) is 0 Å². The minimum Gasteiger partial charge on any atom is -0.135 e. The molecule has 1 heteroatoms. The Morgan fingerprint density at radius 1 is 0.400 bits per heavy atom. The lowest BCUT2D eigenvalue weighted by Crippen LogP contribution is -2.15. The van der Waals surface area contributed by atoms with E-state index < -0.39 is 0 Å². The summed E-state index contributed by atoms with van der Waals surface area (Å²) >= 11 is 1.89. The van der Waals surface area contributed by atoms with E-state index >= 15 is 0 Å². The smallest absolute Gasteiger partial charge is 0.0433 e. The molecule has 9 aromatic carbocycles. The van der Waals surface area contributed by atoms with Gasteiger partial charge in [-0.1, -0.05) is 153 Å². The Labute approximate surface area is 294 Å². The van der Waals surface area contributed by atoms with Gasteiger partial charge in [-0.3, -0.25) is 0 Å². The molecule has 0 amide bonds. The lowest BCUT2D eigenvalue weighted by Gasteiger charge is -2.26. The maximum atomic E-state index is 2.44. The van der Waals surface area contributed by atoms with Crippen LogP contribution in [-0.2, 0) is 5.41 Å². The summed E-state index contributed by atoms with van der Waals surface area (Å²) in [6.45, 7) is 4.83. The van der Waals surface area contributed by atoms with Crippen LogP contribution in [0.5, 0.6) is 0 Å². The molecule has 0 aliphatic heterocycles. The van der Waals surface area contributed by atoms with Crippen LogP contribution in [0.3, 0.4) is 0 Å². The van der Waals surface area contributed by atoms with Crippen molar-refractivity contribution in [3.63, 3.8) is 0 Å². The van der Waals surface area contributed by atoms with Crippen LogP contribution in [0.15, 0.2) is 158 Å². The number of hydrogen-bond donors (Lipinski definition) is 0. The van der Waals surface area contributed by atoms with E-state index in [4.69, 9.17) is 0 Å². The number of fused-ring (bicyclic) bond motifs is 16. The Morgan fingerprint density at radius 3 is 1.86 bits per heavy atom. The third-order valence-corrected chi connectivity index (χ3v) is 12.6. The highest BCUT2D eigenvalue weighted by Crippen LogP contribution is 2.56. The normalized spacial score (nSPS) is 13.6. The quantitative estimate of drug-likeness (QED) is 0.163. The van der Waals surface area contributed by atoms with Crippen LogP contribution in [0.1, 0.15) is 25.0 Å². The molecular weight excluding hydrogens is 621 g/mol. The number of benzene rings is 9. The van der Waals surface area contributed by atoms with E-state index in [-0.39, 0.29) is 5.41 Å². The first-order valence-corrected chi connectivity index (χ1v) is 18.3. The average Bonchev–Trinajstić information content (AvgIpc) is 3.67. The highest BCUT2D eigenvalue weighted by atomic mass is 32.1. The minimum atomic E-state index is -0.123. The Morgan fingerprint density at radius 2 is 1.00 bits per heavy atom. The van der Waals surface area contributed by atoms with Gasteiger partial charge in [-0.2, -0.15) is 0 Å². The molecule has 0 saturated heterocycles. The molecule has 10 aromatic rings. The van der Waals surface area contributed by atoms with Crippen LogP contribution in [-0.4, -0.2) is 0 Å². The highest BCUT2D eigenvalue weighted by Gasteiger charge is 2.39. The zero-order chi connectivity index (χ0) is 33.1. The lowest BCUT2D eigenvalue weighted by molar-refractivity contribution is 0.667. The Kier molecular flexibility index (Phi) is 5.70. The summed E-state index contributed by atoms with van der Waals surface area (Å²) < 4.78 is 2.69. The van der Waals surface area contributed by atoms with Gasteiger partial charge in [0, 0.05) is 25.6 Å². The van der Waals surface area contributed by atoms with Gasteiger partial charge in [0.2, 0.25) is 0 Å². The Hall–Kier alpha value is -5.76. The van der Waals surface area contributed by atoms with Crippen LogP contribution in [0.25, 0.3) is 96.6 Å². The van der Waals surface area contributed by atoms with Gasteiger partial charge in [-0.15, -0.1) is 11.3 Å². The molecule has 0 spiro atoms. The molecule has 50 heavy (non-hydrogen) atoms. The summed E-state index contributed by atoms with van der Waals surface area (Å²) in [6.07, 6.45) is 0. The summed E-state index contributed by atoms with van der Waals surface area (Å²) in [5.74, 6) is 0. The van der Waals surface area contributed by atoms with Crippen LogP contribution in [0.2, 0.25) is 0 Å². The first-order chi connectivity index (χ1) is 24.6. The van der Waals surface area contributed by atoms with E-state index in [9.17, 15) is 0 Å². The van der Waals surface area contributed by atoms with Crippen LogP contribution in [0, 0.1) is 0 Å². The van der Waals surface area contributed by atoms with E-state index in [0.29, 0.717) is 0 Å². The van der Waals surface area contributed by atoms with Gasteiger partial charge < -0.3 is 0 Å². The summed E-state index contributed by atoms with van der Waals surface area (Å²) in [6, 6.07) is 59.1. The molecule has 0 N–H and O–H groups in total. The first-order valence-electron chi connectivity index (χ1n) is 17.5. The van der Waals surface area contributed by atoms with Gasteiger partial charge in [0.25, 0.3) is 0 Å². The van der Waals surface area contributed by atoms with Crippen molar-refractivity contribution in [3.05, 3.63) is 169 Å². The van der Waals surface area contributed by atoms with Crippen LogP contribution >= 0.6 is 11.3 Å². The minimum absolute atomic E-state index is 0.123. The summed E-state index contributed by atoms with van der Waals surface area (Å²) in [7, 11) is 0. The van der Waals surface area contributed by atoms with Gasteiger partial charge in [-0.25, -0.2) is 0 Å². The molecule has 1 aliphatic carbocycles. The van der Waals surface area contributed by atoms with E-state index in [0.717, 1.165) is 0 Å². The Bertz CT molecular complexity index is 3060. The second-order valence-corrected chi connectivity index (χ2v) is 15.4. The zero-order valence-corrected chi connectivity index (χ0v) is 28.7. The van der Waals surface area contributed by atoms with Gasteiger partial charge >= 0.3 is 0 Å². The number of rotatable bonds is 2. The zero-order valence-electron chi connectivity index (χ0n) is 27.9. The highest BCUT2D eigenvalue weighted by molar-refractivity contribution is 7.26. The predicted octanol–water partition coefficient (Wildman–Crippen LogP) is 14.3. The fourth-order valence-electron chi connectivity index (χ4n) is 9.21. The van der Waals surface area contributed by atoms with Gasteiger partial charge in [-0.05, 0) is 106 Å². The third kappa shape index (κ3) is 3.71. The molecule has 0 atom stereocenters. The molecule has 0 nitrogen and oxygen atoms in total. The monoisotopic (exact) mass is 652 g/mol. The molecule has 0 saturated carbocycles. The largest absolute Gasteiger partial charge is 0.135 e. The van der Waals surface area contributed by atoms with Crippen molar-refractivity contribution in [1.82, 2.24) is 0 Å². The maximum Gasteiger partial charge on any atom is 0.0433 e. The molecule has 0 unspecified atom stereocenters. The molecule has 1 aromatic heterocycles. The lowest BCUT2D eigenvalue weighted by atomic mass is 9.77. The van der Waals surface area contributed by atoms with Gasteiger partial charge in [0.1, 0.15) is 0 Å². The van der Waals surface area contributed by atoms with Crippen molar-refractivity contribution in [1.29, 1.82) is 0 Å². The van der Waals surface area contributed by atoms with E-state index in [1.807, 2.05) is 11.3 Å². The molecule has 1 aliphatic rings. The van der Waals surface area contributed by atoms with Crippen molar-refractivity contribution >= 4 is 74.6 Å². The number of thiophene rings is 1. The standard InChI is InChI=1S/C49H32S/c1-49(2)42-23-9-7-20-40(42)45-37-19-6-5-18-36(37)44-38-26-25-30(28-41(38)33-15-3-4-17-35(33)46(44)47(45)49)29-13-11-14-31(27-29)32-21-12-22-39-34-16-8-10-24-43(34)50-48(32)39/h3-28H,1-2H3. The summed E-state index contributed by atoms with van der Waals surface area (Å²) in [5, 5.41) is 13.4. The maximum absolute atomic E-state index is 2.44. The van der Waals surface area contributed by atoms with E-state index in [2.05, 4.69) is 172 Å². The molecule has 234 valence electrons. The van der Waals surface area contributed by atoms with Crippen LogP contribution < -0.4 is 0 Å². The van der Waals surface area contributed by atoms with Crippen LogP contribution in [0.4, 0.5) is 0 Å². The fourth-order valence-corrected chi connectivity index (χ4v) is 10.5. The third-order valence-electron chi connectivity index (χ3n) is 11.4. The second kappa shape index (κ2) is 10.1. The number of hydrogen-bond acceptors (Lipinski definition) is 1. The van der Waals surface area contributed by atoms with Crippen molar-refractivity contribution < 1.29 is 0 Å². The summed E-state index contributed by atoms with van der Waals surface area (Å²) in [4.78, 5) is 0. The second-order valence-electron chi connectivity index (χ2n) is 14.4. The molecule has 11 rings (SSSR count). The molecule has 0 radical (unpaired) electrons. The molecule has 0 fully saturated rings. The molecule has 1 heterocycles. The SMILES string of the molecule is CC1(C)c2ccccc2-c2c1c1c3ccccc3c3cc(-c4cccc(-c5cccc6c5sc5ccccc56)c4)ccc3c1c1ccccc21. The van der Waals surface area contributed by atoms with Gasteiger partial charge in [0.05, 0.1) is 0 Å². The van der Waals surface area contributed by atoms with E-state index in [1.54, 1.807) is 0 Å². The molecule has 0 bridgehead atoms. The van der Waals surface area contributed by atoms with Crippen molar-refractivity contribution in [2.24, 2.45) is 0 Å². The average molecular weight is 653 g/mol. The van der Waals surface area contributed by atoms with Gasteiger partial charge in [0.15, 0.2) is 0 Å². The van der Waals surface area contributed by atoms with Crippen molar-refractivity contribution in [3.8, 4) is 33.4 Å². The predicted molar refractivity (Wildman–Crippen MR) is 218 cm³/mol. The molecular formula is C49H32S. The Balaban J connectivity index is 1.19. The summed E-state index contributed by atoms with van der Waals surface area (Å²) in [5.41, 5.74) is 10.6. The van der Waals surface area contributed by atoms with E-state index in [1.165, 1.54) is 108 Å². The van der Waals surface area contributed by atoms with Crippen molar-refractivity contribution in [2.75, 3.05) is 0 Å².